The molecule has 32 heavy (non-hydrogen) atoms. The molecule has 2 aromatic carbocycles. The fraction of sp³-hybridized carbons (Fsp3) is 0.304. The van der Waals surface area contributed by atoms with Gasteiger partial charge in [0.15, 0.2) is 4.34 Å². The second kappa shape index (κ2) is 10.5. The monoisotopic (exact) mass is 467 g/mol. The number of anilines is 2. The quantitative estimate of drug-likeness (QED) is 0.395. The summed E-state index contributed by atoms with van der Waals surface area (Å²) in [6.07, 6.45) is 0. The van der Waals surface area contributed by atoms with Crippen molar-refractivity contribution in [2.24, 2.45) is 5.92 Å². The van der Waals surface area contributed by atoms with E-state index < -0.39 is 10.8 Å². The van der Waals surface area contributed by atoms with E-state index in [4.69, 9.17) is 4.74 Å². The average molecular weight is 468 g/mol. The summed E-state index contributed by atoms with van der Waals surface area (Å²) in [4.78, 5) is 12.5. The van der Waals surface area contributed by atoms with Crippen molar-refractivity contribution in [3.8, 4) is 17.6 Å². The van der Waals surface area contributed by atoms with E-state index in [0.717, 1.165) is 17.2 Å². The van der Waals surface area contributed by atoms with Gasteiger partial charge in [-0.05, 0) is 56.2 Å². The van der Waals surface area contributed by atoms with Crippen LogP contribution in [0.15, 0.2) is 58.9 Å². The number of carbonyl (C=O) groups excluding carboxylic acids is 1. The lowest BCUT2D eigenvalue weighted by atomic mass is 9.90. The van der Waals surface area contributed by atoms with Crippen molar-refractivity contribution in [2.75, 3.05) is 5.32 Å². The number of nitrogens with zero attached hydrogens (tertiary/aromatic N) is 3. The Balaban J connectivity index is 1.55. The molecule has 0 aliphatic rings. The van der Waals surface area contributed by atoms with Gasteiger partial charge in [0.2, 0.25) is 11.0 Å². The lowest BCUT2D eigenvalue weighted by Gasteiger charge is -2.28. The van der Waals surface area contributed by atoms with Crippen molar-refractivity contribution in [3.05, 3.63) is 54.6 Å². The van der Waals surface area contributed by atoms with Gasteiger partial charge in [0.1, 0.15) is 17.0 Å². The van der Waals surface area contributed by atoms with Crippen molar-refractivity contribution >= 4 is 39.8 Å². The van der Waals surface area contributed by atoms with Gasteiger partial charge in [0, 0.05) is 5.69 Å². The van der Waals surface area contributed by atoms with E-state index in [1.807, 2.05) is 68.4 Å². The summed E-state index contributed by atoms with van der Waals surface area (Å²) in [5.41, 5.74) is -0.0542. The van der Waals surface area contributed by atoms with Crippen LogP contribution in [0.4, 0.5) is 10.8 Å². The van der Waals surface area contributed by atoms with Gasteiger partial charge in [-0.2, -0.15) is 5.26 Å². The number of nitrogens with one attached hydrogen (secondary N) is 2. The van der Waals surface area contributed by atoms with Gasteiger partial charge in [-0.3, -0.25) is 4.79 Å². The molecule has 7 nitrogen and oxygen atoms in total. The standard InChI is InChI=1S/C23H25N5O2S2/c1-15(2)23(4,14-24)26-20(29)16(3)31-22-28-27-21(32-22)25-17-10-12-19(13-11-17)30-18-8-6-5-7-9-18/h5-13,15-16H,1-4H3,(H,25,27)(H,26,29)/t16-,23-/m0/s1. The number of thioether (sulfide) groups is 1. The molecule has 9 heteroatoms. The molecule has 166 valence electrons. The fourth-order valence-electron chi connectivity index (χ4n) is 2.53. The van der Waals surface area contributed by atoms with Crippen LogP contribution in [0.2, 0.25) is 0 Å². The second-order valence-electron chi connectivity index (χ2n) is 7.66. The molecule has 0 bridgehead atoms. The summed E-state index contributed by atoms with van der Waals surface area (Å²) >= 11 is 2.68. The fourth-order valence-corrected chi connectivity index (χ4v) is 4.44. The highest BCUT2D eigenvalue weighted by atomic mass is 32.2. The first-order chi connectivity index (χ1) is 15.3. The largest absolute Gasteiger partial charge is 0.457 e. The van der Waals surface area contributed by atoms with Crippen LogP contribution < -0.4 is 15.4 Å². The Labute approximate surface area is 196 Å². The molecule has 0 saturated carbocycles. The molecule has 1 heterocycles. The summed E-state index contributed by atoms with van der Waals surface area (Å²) < 4.78 is 6.47. The van der Waals surface area contributed by atoms with Gasteiger partial charge in [-0.15, -0.1) is 10.2 Å². The predicted molar refractivity (Wildman–Crippen MR) is 128 cm³/mol. The predicted octanol–water partition coefficient (Wildman–Crippen LogP) is 5.61. The number of nitriles is 1. The van der Waals surface area contributed by atoms with Gasteiger partial charge in [0.25, 0.3) is 0 Å². The molecule has 1 aromatic heterocycles. The molecule has 0 spiro atoms. The first-order valence-corrected chi connectivity index (χ1v) is 11.8. The molecule has 0 aliphatic heterocycles. The topological polar surface area (TPSA) is 99.9 Å². The molecule has 3 aromatic rings. The van der Waals surface area contributed by atoms with E-state index in [2.05, 4.69) is 26.9 Å². The minimum atomic E-state index is -0.907. The van der Waals surface area contributed by atoms with Gasteiger partial charge in [0.05, 0.1) is 11.3 Å². The van der Waals surface area contributed by atoms with Crippen molar-refractivity contribution in [1.29, 1.82) is 5.26 Å². The van der Waals surface area contributed by atoms with Crippen molar-refractivity contribution in [2.45, 2.75) is 42.8 Å². The van der Waals surface area contributed by atoms with Gasteiger partial charge >= 0.3 is 0 Å². The van der Waals surface area contributed by atoms with Gasteiger partial charge < -0.3 is 15.4 Å². The van der Waals surface area contributed by atoms with Crippen LogP contribution in [0.25, 0.3) is 0 Å². The summed E-state index contributed by atoms with van der Waals surface area (Å²) in [6.45, 7) is 7.34. The molecule has 0 fully saturated rings. The number of hydrogen-bond acceptors (Lipinski definition) is 8. The van der Waals surface area contributed by atoms with E-state index in [1.165, 1.54) is 23.1 Å². The molecular weight excluding hydrogens is 442 g/mol. The zero-order valence-corrected chi connectivity index (χ0v) is 20.0. The third-order valence-corrected chi connectivity index (χ3v) is 6.93. The highest BCUT2D eigenvalue weighted by molar-refractivity contribution is 8.02. The first kappa shape index (κ1) is 23.6. The van der Waals surface area contributed by atoms with E-state index in [9.17, 15) is 10.1 Å². The van der Waals surface area contributed by atoms with E-state index in [1.54, 1.807) is 13.8 Å². The molecule has 0 radical (unpaired) electrons. The van der Waals surface area contributed by atoms with Crippen molar-refractivity contribution in [1.82, 2.24) is 15.5 Å². The molecule has 2 atom stereocenters. The highest BCUT2D eigenvalue weighted by Crippen LogP contribution is 2.31. The van der Waals surface area contributed by atoms with Crippen LogP contribution in [-0.2, 0) is 4.79 Å². The summed E-state index contributed by atoms with van der Waals surface area (Å²) in [7, 11) is 0. The zero-order chi connectivity index (χ0) is 23.1. The zero-order valence-electron chi connectivity index (χ0n) is 18.3. The Morgan fingerprint density at radius 2 is 1.75 bits per heavy atom. The third-order valence-electron chi connectivity index (χ3n) is 4.91. The smallest absolute Gasteiger partial charge is 0.234 e. The van der Waals surface area contributed by atoms with Gasteiger partial charge in [-0.1, -0.05) is 55.1 Å². The van der Waals surface area contributed by atoms with Crippen LogP contribution >= 0.6 is 23.1 Å². The maximum Gasteiger partial charge on any atom is 0.234 e. The van der Waals surface area contributed by atoms with Crippen molar-refractivity contribution < 1.29 is 9.53 Å². The van der Waals surface area contributed by atoms with E-state index in [-0.39, 0.29) is 11.8 Å². The number of carbonyl (C=O) groups is 1. The molecule has 3 rings (SSSR count). The number of aromatic nitrogens is 2. The number of ether oxygens (including phenoxy) is 1. The number of rotatable bonds is 9. The molecule has 0 saturated heterocycles. The Bertz CT molecular complexity index is 1080. The number of hydrogen-bond donors (Lipinski definition) is 2. The number of para-hydroxylation sites is 1. The van der Waals surface area contributed by atoms with E-state index >= 15 is 0 Å². The lowest BCUT2D eigenvalue weighted by molar-refractivity contribution is -0.121. The van der Waals surface area contributed by atoms with E-state index in [0.29, 0.717) is 9.47 Å². The SMILES string of the molecule is CC(C)[C@](C)(C#N)NC(=O)[C@H](C)Sc1nnc(Nc2ccc(Oc3ccccc3)cc2)s1. The normalized spacial score (nSPS) is 13.6. The van der Waals surface area contributed by atoms with Crippen molar-refractivity contribution in [3.63, 3.8) is 0 Å². The summed E-state index contributed by atoms with van der Waals surface area (Å²) in [5, 5.41) is 24.0. The molecule has 2 N–H and O–H groups in total. The van der Waals surface area contributed by atoms with Gasteiger partial charge in [-0.25, -0.2) is 0 Å². The highest BCUT2D eigenvalue weighted by Gasteiger charge is 2.32. The Morgan fingerprint density at radius 1 is 1.09 bits per heavy atom. The average Bonchev–Trinajstić information content (AvgIpc) is 3.22. The Morgan fingerprint density at radius 3 is 2.38 bits per heavy atom. The third kappa shape index (κ3) is 6.22. The van der Waals surface area contributed by atoms with Crippen LogP contribution in [0.5, 0.6) is 11.5 Å². The first-order valence-electron chi connectivity index (χ1n) is 10.1. The number of benzene rings is 2. The van der Waals surface area contributed by atoms with Crippen LogP contribution in [0.3, 0.4) is 0 Å². The van der Waals surface area contributed by atoms with Crippen LogP contribution in [0.1, 0.15) is 27.7 Å². The summed E-state index contributed by atoms with van der Waals surface area (Å²) in [6, 6.07) is 19.3. The maximum atomic E-state index is 12.5. The lowest BCUT2D eigenvalue weighted by Crippen LogP contribution is -2.51. The Hall–Kier alpha value is -3.09. The van der Waals surface area contributed by atoms with Crippen LogP contribution in [-0.4, -0.2) is 26.9 Å². The second-order valence-corrected chi connectivity index (χ2v) is 10.2. The Kier molecular flexibility index (Phi) is 7.72. The molecule has 0 unspecified atom stereocenters. The summed E-state index contributed by atoms with van der Waals surface area (Å²) in [5.74, 6) is 1.31. The molecule has 1 amide bonds. The van der Waals surface area contributed by atoms with Crippen LogP contribution in [0, 0.1) is 17.2 Å². The molecule has 0 aliphatic carbocycles. The minimum absolute atomic E-state index is 0.00420. The minimum Gasteiger partial charge on any atom is -0.457 e. The molecular formula is C23H25N5O2S2. The number of amides is 1. The maximum absolute atomic E-state index is 12.5.